The van der Waals surface area contributed by atoms with Gasteiger partial charge >= 0.3 is 0 Å². The van der Waals surface area contributed by atoms with Gasteiger partial charge in [0.05, 0.1) is 17.1 Å². The second-order valence-corrected chi connectivity index (χ2v) is 29.9. The van der Waals surface area contributed by atoms with Crippen LogP contribution in [0.4, 0.5) is 68.2 Å². The number of fused-ring (bicyclic) bond motifs is 13. The van der Waals surface area contributed by atoms with Crippen LogP contribution in [0, 0.1) is 0 Å². The maximum Gasteiger partial charge on any atom is 0.252 e. The van der Waals surface area contributed by atoms with Gasteiger partial charge in [0.15, 0.2) is 5.58 Å². The van der Waals surface area contributed by atoms with Crippen molar-refractivity contribution in [3.63, 3.8) is 0 Å². The number of thiophene rings is 1. The van der Waals surface area contributed by atoms with E-state index in [1.807, 2.05) is 11.3 Å². The van der Waals surface area contributed by atoms with Crippen molar-refractivity contribution in [2.75, 3.05) is 19.6 Å². The molecule has 5 heterocycles. The molecule has 0 N–H and O–H groups in total. The zero-order chi connectivity index (χ0) is 65.4. The molecular formula is C90H65BN4O2S. The number of para-hydroxylation sites is 4. The SMILES string of the molecule is CC(C)(C)c1ccc(N2c3cc(N(c4ccc5ccc6cccc7ccc4c5c67)c4cccc5c4oc4ccccc45)ccc3B3c4cc5sc6ccccc6c5cc4N(c4ccc(C(C)(C)C)cc4)c4cc(N(c5ccccc5)c5ccc6c(c5)oc5ccccc56)cc2c43)cc1. The number of anilines is 12. The Morgan fingerprint density at radius 2 is 0.867 bits per heavy atom. The Morgan fingerprint density at radius 3 is 1.57 bits per heavy atom. The zero-order valence-electron chi connectivity index (χ0n) is 55.2. The van der Waals surface area contributed by atoms with Gasteiger partial charge in [-0.2, -0.15) is 0 Å². The van der Waals surface area contributed by atoms with E-state index < -0.39 is 0 Å². The van der Waals surface area contributed by atoms with Crippen LogP contribution < -0.4 is 36.0 Å². The molecule has 466 valence electrons. The molecule has 8 heteroatoms. The first-order valence-electron chi connectivity index (χ1n) is 34.1. The summed E-state index contributed by atoms with van der Waals surface area (Å²) in [6.07, 6.45) is 0. The van der Waals surface area contributed by atoms with Crippen molar-refractivity contribution in [3.05, 3.63) is 296 Å². The van der Waals surface area contributed by atoms with Crippen molar-refractivity contribution < 1.29 is 8.83 Å². The number of benzene rings is 15. The molecule has 6 nitrogen and oxygen atoms in total. The molecule has 0 fully saturated rings. The van der Waals surface area contributed by atoms with Crippen molar-refractivity contribution in [3.8, 4) is 0 Å². The van der Waals surface area contributed by atoms with Crippen LogP contribution >= 0.6 is 11.3 Å². The highest BCUT2D eigenvalue weighted by Gasteiger charge is 2.45. The molecular weight excluding hydrogens is 1210 g/mol. The fraction of sp³-hybridized carbons (Fsp3) is 0.0889. The molecule has 0 spiro atoms. The third-order valence-electron chi connectivity index (χ3n) is 21.0. The first-order valence-corrected chi connectivity index (χ1v) is 34.9. The topological polar surface area (TPSA) is 39.2 Å². The Balaban J connectivity index is 0.912. The summed E-state index contributed by atoms with van der Waals surface area (Å²) in [4.78, 5) is 10.1. The van der Waals surface area contributed by atoms with Crippen LogP contribution in [-0.2, 0) is 10.8 Å². The monoisotopic (exact) mass is 1280 g/mol. The first kappa shape index (κ1) is 56.7. The molecule has 98 heavy (non-hydrogen) atoms. The summed E-state index contributed by atoms with van der Waals surface area (Å²) in [5.41, 5.74) is 22.1. The second-order valence-electron chi connectivity index (χ2n) is 28.8. The van der Waals surface area contributed by atoms with Gasteiger partial charge in [-0.25, -0.2) is 0 Å². The summed E-state index contributed by atoms with van der Waals surface area (Å²) in [6.45, 7) is 13.6. The van der Waals surface area contributed by atoms with Crippen molar-refractivity contribution in [2.24, 2.45) is 0 Å². The quantitative estimate of drug-likeness (QED) is 0.112. The summed E-state index contributed by atoms with van der Waals surface area (Å²) in [6, 6.07) is 107. The van der Waals surface area contributed by atoms with Gasteiger partial charge in [-0.05, 0) is 181 Å². The van der Waals surface area contributed by atoms with E-state index in [0.717, 1.165) is 118 Å². The lowest BCUT2D eigenvalue weighted by Crippen LogP contribution is -2.61. The van der Waals surface area contributed by atoms with Crippen LogP contribution in [0.1, 0.15) is 52.7 Å². The van der Waals surface area contributed by atoms with E-state index in [2.05, 4.69) is 346 Å². The third kappa shape index (κ3) is 8.53. The number of furan rings is 2. The van der Waals surface area contributed by atoms with E-state index in [1.54, 1.807) is 0 Å². The predicted molar refractivity (Wildman–Crippen MR) is 418 cm³/mol. The lowest BCUT2D eigenvalue weighted by molar-refractivity contribution is 0.590. The predicted octanol–water partition coefficient (Wildman–Crippen LogP) is 24.4. The summed E-state index contributed by atoms with van der Waals surface area (Å²) in [7, 11) is 0. The van der Waals surface area contributed by atoms with Gasteiger partial charge in [0.25, 0.3) is 6.71 Å². The molecule has 0 radical (unpaired) electrons. The molecule has 2 aliphatic rings. The lowest BCUT2D eigenvalue weighted by atomic mass is 9.33. The average molecular weight is 1280 g/mol. The minimum Gasteiger partial charge on any atom is -0.456 e. The summed E-state index contributed by atoms with van der Waals surface area (Å²) < 4.78 is 16.4. The smallest absolute Gasteiger partial charge is 0.252 e. The third-order valence-corrected chi connectivity index (χ3v) is 22.2. The first-order chi connectivity index (χ1) is 47.8. The van der Waals surface area contributed by atoms with Gasteiger partial charge in [-0.1, -0.05) is 205 Å². The van der Waals surface area contributed by atoms with Crippen molar-refractivity contribution in [1.82, 2.24) is 0 Å². The number of hydrogen-bond acceptors (Lipinski definition) is 7. The van der Waals surface area contributed by atoms with Crippen LogP contribution in [-0.4, -0.2) is 6.71 Å². The van der Waals surface area contributed by atoms with Crippen molar-refractivity contribution in [1.29, 1.82) is 0 Å². The summed E-state index contributed by atoms with van der Waals surface area (Å²) >= 11 is 1.89. The molecule has 20 rings (SSSR count). The zero-order valence-corrected chi connectivity index (χ0v) is 56.0. The average Bonchev–Trinajstić information content (AvgIpc) is 0.777. The fourth-order valence-corrected chi connectivity index (χ4v) is 17.5. The Hall–Kier alpha value is -11.6. The van der Waals surface area contributed by atoms with Gasteiger partial charge in [0.1, 0.15) is 16.7 Å². The highest BCUT2D eigenvalue weighted by molar-refractivity contribution is 7.26. The molecule has 0 atom stereocenters. The number of hydrogen-bond donors (Lipinski definition) is 0. The lowest BCUT2D eigenvalue weighted by Gasteiger charge is -2.45. The Morgan fingerprint density at radius 1 is 0.327 bits per heavy atom. The number of rotatable bonds is 8. The van der Waals surface area contributed by atoms with Gasteiger partial charge in [0.2, 0.25) is 0 Å². The molecule has 3 aromatic heterocycles. The second kappa shape index (κ2) is 21.0. The Bertz CT molecular complexity index is 6300. The van der Waals surface area contributed by atoms with Crippen molar-refractivity contribution >= 4 is 199 Å². The maximum absolute atomic E-state index is 7.12. The van der Waals surface area contributed by atoms with E-state index in [-0.39, 0.29) is 17.5 Å². The summed E-state index contributed by atoms with van der Waals surface area (Å²) in [5.74, 6) is 0. The van der Waals surface area contributed by atoms with Gasteiger partial charge in [0, 0.05) is 104 Å². The highest BCUT2D eigenvalue weighted by atomic mass is 32.1. The largest absolute Gasteiger partial charge is 0.456 e. The normalized spacial score (nSPS) is 13.1. The minimum absolute atomic E-state index is 0.0544. The highest BCUT2D eigenvalue weighted by Crippen LogP contribution is 2.53. The molecule has 15 aromatic carbocycles. The molecule has 0 unspecified atom stereocenters. The molecule has 0 aliphatic carbocycles. The van der Waals surface area contributed by atoms with Crippen LogP contribution in [0.15, 0.2) is 294 Å². The molecule has 0 saturated carbocycles. The van der Waals surface area contributed by atoms with Crippen LogP contribution in [0.25, 0.3) is 96.4 Å². The van der Waals surface area contributed by atoms with Gasteiger partial charge in [-0.15, -0.1) is 11.3 Å². The van der Waals surface area contributed by atoms with Gasteiger partial charge < -0.3 is 28.4 Å². The van der Waals surface area contributed by atoms with Crippen molar-refractivity contribution in [2.45, 2.75) is 52.4 Å². The van der Waals surface area contributed by atoms with Gasteiger partial charge in [-0.3, -0.25) is 0 Å². The minimum atomic E-state index is -0.211. The number of nitrogens with zero attached hydrogens (tertiary/aromatic N) is 4. The summed E-state index contributed by atoms with van der Waals surface area (Å²) in [5, 5.41) is 14.2. The van der Waals surface area contributed by atoms with E-state index in [4.69, 9.17) is 8.83 Å². The fourth-order valence-electron chi connectivity index (χ4n) is 16.3. The Kier molecular flexibility index (Phi) is 12.1. The van der Waals surface area contributed by atoms with Crippen LogP contribution in [0.5, 0.6) is 0 Å². The molecule has 0 bridgehead atoms. The molecule has 2 aliphatic heterocycles. The standard InChI is InChI=1S/C90H65BN4O2S/c1-89(2,3)57-34-38-60(39-35-57)93-76-48-62(95(75-26-17-25-69-66-23-11-14-28-81(66)97-88(69)75)74-47-33-56-31-30-54-18-16-19-55-32-44-70(74)86(56)85(54)55)43-46-72(76)91-73-53-84-71(68-24-12-15-29-83(68)98-84)52-77(73)94(61-40-36-58(37-41-61)90(4,5)6)79-50-64(49-78(93)87(79)91)92(59-20-8-7-9-21-59)63-42-45-67-65-22-10-13-27-80(65)96-82(67)51-63/h7-53H,1-6H3. The maximum atomic E-state index is 7.12. The van der Waals surface area contributed by atoms with Crippen LogP contribution in [0.3, 0.4) is 0 Å². The molecule has 0 saturated heterocycles. The van der Waals surface area contributed by atoms with E-state index >= 15 is 0 Å². The van der Waals surface area contributed by atoms with E-state index in [9.17, 15) is 0 Å². The van der Waals surface area contributed by atoms with Crippen LogP contribution in [0.2, 0.25) is 0 Å². The Labute approximate surface area is 572 Å². The molecule has 18 aromatic rings. The molecule has 0 amide bonds. The van der Waals surface area contributed by atoms with E-state index in [0.29, 0.717) is 0 Å². The van der Waals surface area contributed by atoms with E-state index in [1.165, 1.54) is 74.6 Å².